The molecule has 0 spiro atoms. The average Bonchev–Trinajstić information content (AvgIpc) is 3.02. The van der Waals surface area contributed by atoms with Gasteiger partial charge in [0.25, 0.3) is 0 Å². The van der Waals surface area contributed by atoms with Crippen LogP contribution in [0.25, 0.3) is 0 Å². The second kappa shape index (κ2) is 3.98. The first-order valence-electron chi connectivity index (χ1n) is 5.82. The van der Waals surface area contributed by atoms with E-state index in [0.29, 0.717) is 12.4 Å². The Bertz CT molecular complexity index is 384. The van der Waals surface area contributed by atoms with Gasteiger partial charge in [0.1, 0.15) is 0 Å². The molecule has 1 saturated carbocycles. The van der Waals surface area contributed by atoms with Crippen molar-refractivity contribution >= 4 is 0 Å². The SMILES string of the molecule is CCOc1cc(C2(C(C)N)CC2)ccc1O. The minimum absolute atomic E-state index is 0.111. The molecule has 1 aromatic carbocycles. The third-order valence-corrected chi connectivity index (χ3v) is 3.49. The maximum Gasteiger partial charge on any atom is 0.161 e. The van der Waals surface area contributed by atoms with E-state index in [4.69, 9.17) is 10.5 Å². The summed E-state index contributed by atoms with van der Waals surface area (Å²) in [5.41, 5.74) is 7.32. The summed E-state index contributed by atoms with van der Waals surface area (Å²) in [4.78, 5) is 0. The van der Waals surface area contributed by atoms with Crippen LogP contribution in [-0.4, -0.2) is 17.8 Å². The van der Waals surface area contributed by atoms with Gasteiger partial charge in [0.15, 0.2) is 11.5 Å². The van der Waals surface area contributed by atoms with Crippen LogP contribution in [0.2, 0.25) is 0 Å². The summed E-state index contributed by atoms with van der Waals surface area (Å²) in [7, 11) is 0. The second-order valence-corrected chi connectivity index (χ2v) is 4.56. The van der Waals surface area contributed by atoms with Crippen molar-refractivity contribution in [2.24, 2.45) is 5.73 Å². The molecule has 0 radical (unpaired) electrons. The number of benzene rings is 1. The monoisotopic (exact) mass is 221 g/mol. The van der Waals surface area contributed by atoms with E-state index >= 15 is 0 Å². The number of phenols is 1. The average molecular weight is 221 g/mol. The smallest absolute Gasteiger partial charge is 0.161 e. The maximum atomic E-state index is 9.63. The van der Waals surface area contributed by atoms with E-state index in [1.165, 1.54) is 5.56 Å². The Hall–Kier alpha value is -1.22. The van der Waals surface area contributed by atoms with Gasteiger partial charge in [-0.05, 0) is 44.4 Å². The van der Waals surface area contributed by atoms with E-state index in [-0.39, 0.29) is 17.2 Å². The zero-order valence-electron chi connectivity index (χ0n) is 9.86. The molecule has 0 bridgehead atoms. The minimum atomic E-state index is 0.111. The van der Waals surface area contributed by atoms with Crippen LogP contribution in [0.5, 0.6) is 11.5 Å². The molecule has 1 unspecified atom stereocenters. The van der Waals surface area contributed by atoms with Crippen LogP contribution in [0, 0.1) is 0 Å². The van der Waals surface area contributed by atoms with Crippen LogP contribution in [0.15, 0.2) is 18.2 Å². The predicted molar refractivity (Wildman–Crippen MR) is 63.8 cm³/mol. The molecule has 3 N–H and O–H groups in total. The number of aromatic hydroxyl groups is 1. The van der Waals surface area contributed by atoms with Crippen molar-refractivity contribution in [3.05, 3.63) is 23.8 Å². The third kappa shape index (κ3) is 1.76. The molecule has 2 rings (SSSR count). The van der Waals surface area contributed by atoms with Gasteiger partial charge in [0.05, 0.1) is 6.61 Å². The molecule has 88 valence electrons. The van der Waals surface area contributed by atoms with Crippen molar-refractivity contribution < 1.29 is 9.84 Å². The van der Waals surface area contributed by atoms with Gasteiger partial charge in [-0.3, -0.25) is 0 Å². The van der Waals surface area contributed by atoms with E-state index in [1.807, 2.05) is 26.0 Å². The van der Waals surface area contributed by atoms with Gasteiger partial charge < -0.3 is 15.6 Å². The summed E-state index contributed by atoms with van der Waals surface area (Å²) in [6, 6.07) is 5.72. The van der Waals surface area contributed by atoms with Crippen LogP contribution in [0.4, 0.5) is 0 Å². The number of phenolic OH excluding ortho intramolecular Hbond substituents is 1. The topological polar surface area (TPSA) is 55.5 Å². The number of hydrogen-bond acceptors (Lipinski definition) is 3. The normalized spacial score (nSPS) is 19.2. The Kier molecular flexibility index (Phi) is 2.80. The van der Waals surface area contributed by atoms with Crippen molar-refractivity contribution in [3.8, 4) is 11.5 Å². The Morgan fingerprint density at radius 1 is 1.50 bits per heavy atom. The Balaban J connectivity index is 2.33. The Morgan fingerprint density at radius 3 is 2.69 bits per heavy atom. The lowest BCUT2D eigenvalue weighted by atomic mass is 9.89. The zero-order valence-corrected chi connectivity index (χ0v) is 9.86. The summed E-state index contributed by atoms with van der Waals surface area (Å²) in [5.74, 6) is 0.762. The zero-order chi connectivity index (χ0) is 11.8. The van der Waals surface area contributed by atoms with Gasteiger partial charge in [-0.15, -0.1) is 0 Å². The quantitative estimate of drug-likeness (QED) is 0.819. The molecule has 1 aliphatic carbocycles. The highest BCUT2D eigenvalue weighted by Gasteiger charge is 2.47. The molecule has 0 aromatic heterocycles. The number of ether oxygens (including phenoxy) is 1. The minimum Gasteiger partial charge on any atom is -0.504 e. The highest BCUT2D eigenvalue weighted by molar-refractivity contribution is 5.46. The van der Waals surface area contributed by atoms with E-state index < -0.39 is 0 Å². The molecule has 16 heavy (non-hydrogen) atoms. The summed E-state index contributed by atoms with van der Waals surface area (Å²) < 4.78 is 5.39. The maximum absolute atomic E-state index is 9.63. The number of rotatable bonds is 4. The van der Waals surface area contributed by atoms with Gasteiger partial charge in [0.2, 0.25) is 0 Å². The molecule has 0 heterocycles. The van der Waals surface area contributed by atoms with Gasteiger partial charge >= 0.3 is 0 Å². The molecule has 0 amide bonds. The Labute approximate surface area is 96.2 Å². The van der Waals surface area contributed by atoms with Crippen LogP contribution in [0.3, 0.4) is 0 Å². The molecule has 0 aliphatic heterocycles. The number of hydrogen-bond donors (Lipinski definition) is 2. The van der Waals surface area contributed by atoms with Crippen molar-refractivity contribution in [1.82, 2.24) is 0 Å². The van der Waals surface area contributed by atoms with Gasteiger partial charge in [-0.2, -0.15) is 0 Å². The van der Waals surface area contributed by atoms with E-state index in [9.17, 15) is 5.11 Å². The highest BCUT2D eigenvalue weighted by Crippen LogP contribution is 2.51. The van der Waals surface area contributed by atoms with Crippen LogP contribution in [-0.2, 0) is 5.41 Å². The van der Waals surface area contributed by atoms with E-state index in [0.717, 1.165) is 12.8 Å². The molecule has 3 heteroatoms. The fraction of sp³-hybridized carbons (Fsp3) is 0.538. The summed E-state index contributed by atoms with van der Waals surface area (Å²) in [5, 5.41) is 9.63. The molecule has 0 saturated heterocycles. The van der Waals surface area contributed by atoms with Gasteiger partial charge in [0, 0.05) is 11.5 Å². The molecule has 3 nitrogen and oxygen atoms in total. The third-order valence-electron chi connectivity index (χ3n) is 3.49. The molecule has 1 aliphatic rings. The van der Waals surface area contributed by atoms with Crippen molar-refractivity contribution in [2.45, 2.75) is 38.1 Å². The Morgan fingerprint density at radius 2 is 2.19 bits per heavy atom. The molecular weight excluding hydrogens is 202 g/mol. The lowest BCUT2D eigenvalue weighted by molar-refractivity contribution is 0.317. The first-order valence-corrected chi connectivity index (χ1v) is 5.82. The first-order chi connectivity index (χ1) is 7.60. The fourth-order valence-electron chi connectivity index (χ4n) is 2.24. The lowest BCUT2D eigenvalue weighted by Crippen LogP contribution is -2.31. The van der Waals surface area contributed by atoms with Crippen LogP contribution < -0.4 is 10.5 Å². The summed E-state index contributed by atoms with van der Waals surface area (Å²) >= 11 is 0. The summed E-state index contributed by atoms with van der Waals surface area (Å²) in [6.07, 6.45) is 2.25. The number of nitrogens with two attached hydrogens (primary N) is 1. The lowest BCUT2D eigenvalue weighted by Gasteiger charge is -2.21. The summed E-state index contributed by atoms with van der Waals surface area (Å²) in [6.45, 7) is 4.51. The molecule has 1 atom stereocenters. The van der Waals surface area contributed by atoms with Crippen molar-refractivity contribution in [2.75, 3.05) is 6.61 Å². The van der Waals surface area contributed by atoms with Crippen LogP contribution >= 0.6 is 0 Å². The van der Waals surface area contributed by atoms with Gasteiger partial charge in [-0.25, -0.2) is 0 Å². The largest absolute Gasteiger partial charge is 0.504 e. The molecule has 1 fully saturated rings. The van der Waals surface area contributed by atoms with Crippen molar-refractivity contribution in [3.63, 3.8) is 0 Å². The van der Waals surface area contributed by atoms with E-state index in [2.05, 4.69) is 0 Å². The highest BCUT2D eigenvalue weighted by atomic mass is 16.5. The standard InChI is InChI=1S/C13H19NO2/c1-3-16-12-8-10(4-5-11(12)15)13(6-7-13)9(2)14/h4-5,8-9,15H,3,6-7,14H2,1-2H3. The van der Waals surface area contributed by atoms with E-state index in [1.54, 1.807) is 6.07 Å². The second-order valence-electron chi connectivity index (χ2n) is 4.56. The van der Waals surface area contributed by atoms with Crippen LogP contribution in [0.1, 0.15) is 32.3 Å². The van der Waals surface area contributed by atoms with Crippen molar-refractivity contribution in [1.29, 1.82) is 0 Å². The first kappa shape index (κ1) is 11.3. The fourth-order valence-corrected chi connectivity index (χ4v) is 2.24. The molecule has 1 aromatic rings. The van der Waals surface area contributed by atoms with Gasteiger partial charge in [-0.1, -0.05) is 6.07 Å². The predicted octanol–water partition coefficient (Wildman–Crippen LogP) is 2.17. The molecular formula is C13H19NO2.